The van der Waals surface area contributed by atoms with Gasteiger partial charge in [0.15, 0.2) is 0 Å². The van der Waals surface area contributed by atoms with Crippen molar-refractivity contribution in [3.05, 3.63) is 12.7 Å². The molecular formula is C12H22N2O. The van der Waals surface area contributed by atoms with Gasteiger partial charge in [-0.1, -0.05) is 13.0 Å². The topological polar surface area (TPSA) is 32.3 Å². The van der Waals surface area contributed by atoms with Crippen LogP contribution in [-0.4, -0.2) is 35.5 Å². The Kier molecular flexibility index (Phi) is 3.91. The van der Waals surface area contributed by atoms with Crippen molar-refractivity contribution in [2.24, 2.45) is 0 Å². The number of carbonyl (C=O) groups excluding carboxylic acids is 1. The third-order valence-corrected chi connectivity index (χ3v) is 2.73. The molecule has 0 aromatic carbocycles. The first-order valence-electron chi connectivity index (χ1n) is 5.70. The fraction of sp³-hybridized carbons (Fsp3) is 0.750. The molecule has 1 aliphatic rings. The first kappa shape index (κ1) is 12.2. The van der Waals surface area contributed by atoms with E-state index in [4.69, 9.17) is 0 Å². The number of nitrogens with zero attached hydrogens (tertiary/aromatic N) is 1. The van der Waals surface area contributed by atoms with Crippen molar-refractivity contribution < 1.29 is 4.79 Å². The van der Waals surface area contributed by atoms with Gasteiger partial charge in [-0.25, -0.2) is 0 Å². The Hall–Kier alpha value is -0.830. The highest BCUT2D eigenvalue weighted by Crippen LogP contribution is 2.28. The van der Waals surface area contributed by atoms with Gasteiger partial charge in [0, 0.05) is 12.6 Å². The van der Waals surface area contributed by atoms with E-state index in [0.717, 1.165) is 19.4 Å². The SMILES string of the molecule is C=CCN(C(=O)C(C)(C)NCC)C1CC1. The van der Waals surface area contributed by atoms with E-state index in [2.05, 4.69) is 11.9 Å². The summed E-state index contributed by atoms with van der Waals surface area (Å²) in [6.07, 6.45) is 4.09. The van der Waals surface area contributed by atoms with Crippen molar-refractivity contribution in [1.29, 1.82) is 0 Å². The molecule has 0 saturated heterocycles. The first-order chi connectivity index (χ1) is 7.03. The van der Waals surface area contributed by atoms with E-state index in [1.165, 1.54) is 0 Å². The average Bonchev–Trinajstić information content (AvgIpc) is 2.96. The second-order valence-corrected chi connectivity index (χ2v) is 4.63. The van der Waals surface area contributed by atoms with Crippen LogP contribution in [0.3, 0.4) is 0 Å². The van der Waals surface area contributed by atoms with Crippen LogP contribution in [0.4, 0.5) is 0 Å². The Morgan fingerprint density at radius 2 is 2.20 bits per heavy atom. The molecule has 0 unspecified atom stereocenters. The molecule has 86 valence electrons. The fourth-order valence-corrected chi connectivity index (χ4v) is 1.80. The van der Waals surface area contributed by atoms with Gasteiger partial charge >= 0.3 is 0 Å². The molecule has 0 heterocycles. The van der Waals surface area contributed by atoms with E-state index < -0.39 is 5.54 Å². The van der Waals surface area contributed by atoms with E-state index >= 15 is 0 Å². The maximum Gasteiger partial charge on any atom is 0.242 e. The number of carbonyl (C=O) groups is 1. The minimum atomic E-state index is -0.458. The minimum absolute atomic E-state index is 0.187. The monoisotopic (exact) mass is 210 g/mol. The van der Waals surface area contributed by atoms with Crippen LogP contribution in [-0.2, 0) is 4.79 Å². The zero-order chi connectivity index (χ0) is 11.5. The van der Waals surface area contributed by atoms with Crippen molar-refractivity contribution in [2.45, 2.75) is 45.2 Å². The van der Waals surface area contributed by atoms with Crippen molar-refractivity contribution in [3.8, 4) is 0 Å². The molecule has 1 amide bonds. The number of rotatable bonds is 6. The number of hydrogen-bond acceptors (Lipinski definition) is 2. The normalized spacial score (nSPS) is 16.2. The van der Waals surface area contributed by atoms with Crippen LogP contribution in [0.2, 0.25) is 0 Å². The average molecular weight is 210 g/mol. The van der Waals surface area contributed by atoms with Gasteiger partial charge in [0.1, 0.15) is 0 Å². The molecule has 15 heavy (non-hydrogen) atoms. The molecule has 1 rings (SSSR count). The molecule has 0 radical (unpaired) electrons. The lowest BCUT2D eigenvalue weighted by Gasteiger charge is -2.32. The maximum absolute atomic E-state index is 12.2. The summed E-state index contributed by atoms with van der Waals surface area (Å²) in [6, 6.07) is 0.452. The fourth-order valence-electron chi connectivity index (χ4n) is 1.80. The predicted molar refractivity (Wildman–Crippen MR) is 62.7 cm³/mol. The first-order valence-corrected chi connectivity index (χ1v) is 5.70. The summed E-state index contributed by atoms with van der Waals surface area (Å²) in [7, 11) is 0. The van der Waals surface area contributed by atoms with Gasteiger partial charge in [0.25, 0.3) is 0 Å². The van der Waals surface area contributed by atoms with Gasteiger partial charge in [-0.3, -0.25) is 4.79 Å². The lowest BCUT2D eigenvalue weighted by molar-refractivity contribution is -0.137. The molecule has 3 nitrogen and oxygen atoms in total. The Labute approximate surface area is 92.5 Å². The van der Waals surface area contributed by atoms with E-state index in [-0.39, 0.29) is 5.91 Å². The van der Waals surface area contributed by atoms with E-state index in [1.54, 1.807) is 6.08 Å². The highest BCUT2D eigenvalue weighted by molar-refractivity contribution is 5.86. The lowest BCUT2D eigenvalue weighted by atomic mass is 10.0. The van der Waals surface area contributed by atoms with E-state index in [0.29, 0.717) is 12.6 Å². The molecule has 1 aliphatic carbocycles. The number of nitrogens with one attached hydrogen (secondary N) is 1. The Morgan fingerprint density at radius 3 is 2.60 bits per heavy atom. The Morgan fingerprint density at radius 1 is 1.60 bits per heavy atom. The molecular weight excluding hydrogens is 188 g/mol. The van der Waals surface area contributed by atoms with Crippen molar-refractivity contribution >= 4 is 5.91 Å². The summed E-state index contributed by atoms with van der Waals surface area (Å²) >= 11 is 0. The second kappa shape index (κ2) is 4.79. The zero-order valence-electron chi connectivity index (χ0n) is 10.0. The van der Waals surface area contributed by atoms with Crippen molar-refractivity contribution in [1.82, 2.24) is 10.2 Å². The van der Waals surface area contributed by atoms with Crippen LogP contribution >= 0.6 is 0 Å². The molecule has 1 fully saturated rings. The third-order valence-electron chi connectivity index (χ3n) is 2.73. The number of amides is 1. The second-order valence-electron chi connectivity index (χ2n) is 4.63. The van der Waals surface area contributed by atoms with E-state index in [9.17, 15) is 4.79 Å². The van der Waals surface area contributed by atoms with Crippen LogP contribution in [0.15, 0.2) is 12.7 Å². The quantitative estimate of drug-likeness (QED) is 0.675. The maximum atomic E-state index is 12.2. The molecule has 1 saturated carbocycles. The van der Waals surface area contributed by atoms with Crippen LogP contribution < -0.4 is 5.32 Å². The van der Waals surface area contributed by atoms with Crippen molar-refractivity contribution in [3.63, 3.8) is 0 Å². The minimum Gasteiger partial charge on any atom is -0.334 e. The Bertz CT molecular complexity index is 244. The van der Waals surface area contributed by atoms with Crippen LogP contribution in [0.25, 0.3) is 0 Å². The summed E-state index contributed by atoms with van der Waals surface area (Å²) in [5, 5.41) is 3.22. The zero-order valence-corrected chi connectivity index (χ0v) is 10.0. The Balaban J connectivity index is 2.65. The predicted octanol–water partition coefficient (Wildman–Crippen LogP) is 1.55. The number of hydrogen-bond donors (Lipinski definition) is 1. The summed E-state index contributed by atoms with van der Waals surface area (Å²) in [5.74, 6) is 0.187. The summed E-state index contributed by atoms with van der Waals surface area (Å²) in [4.78, 5) is 14.2. The summed E-state index contributed by atoms with van der Waals surface area (Å²) < 4.78 is 0. The lowest BCUT2D eigenvalue weighted by Crippen LogP contribution is -2.54. The van der Waals surface area contributed by atoms with Crippen LogP contribution in [0.5, 0.6) is 0 Å². The van der Waals surface area contributed by atoms with Gasteiger partial charge in [-0.2, -0.15) is 0 Å². The van der Waals surface area contributed by atoms with Gasteiger partial charge < -0.3 is 10.2 Å². The molecule has 0 aromatic rings. The molecule has 0 aromatic heterocycles. The molecule has 0 bridgehead atoms. The highest BCUT2D eigenvalue weighted by atomic mass is 16.2. The van der Waals surface area contributed by atoms with Gasteiger partial charge in [0.2, 0.25) is 5.91 Å². The molecule has 0 spiro atoms. The molecule has 3 heteroatoms. The van der Waals surface area contributed by atoms with E-state index in [1.807, 2.05) is 25.7 Å². The summed E-state index contributed by atoms with van der Waals surface area (Å²) in [6.45, 7) is 11.1. The third kappa shape index (κ3) is 3.06. The largest absolute Gasteiger partial charge is 0.334 e. The number of likely N-dealkylation sites (N-methyl/N-ethyl adjacent to an activating group) is 1. The van der Waals surface area contributed by atoms with Gasteiger partial charge in [-0.15, -0.1) is 6.58 Å². The molecule has 1 N–H and O–H groups in total. The smallest absolute Gasteiger partial charge is 0.242 e. The standard InChI is InChI=1S/C12H22N2O/c1-5-9-14(10-7-8-10)11(15)12(3,4)13-6-2/h5,10,13H,1,6-9H2,2-4H3. The van der Waals surface area contributed by atoms with Gasteiger partial charge in [-0.05, 0) is 33.2 Å². The molecule has 0 aliphatic heterocycles. The van der Waals surface area contributed by atoms with Crippen molar-refractivity contribution in [2.75, 3.05) is 13.1 Å². The van der Waals surface area contributed by atoms with Gasteiger partial charge in [0.05, 0.1) is 5.54 Å². The van der Waals surface area contributed by atoms with Crippen LogP contribution in [0, 0.1) is 0 Å². The van der Waals surface area contributed by atoms with Crippen LogP contribution in [0.1, 0.15) is 33.6 Å². The highest BCUT2D eigenvalue weighted by Gasteiger charge is 2.38. The summed E-state index contributed by atoms with van der Waals surface area (Å²) in [5.41, 5.74) is -0.458. The molecule has 0 atom stereocenters.